The molecule has 12 heavy (non-hydrogen) atoms. The summed E-state index contributed by atoms with van der Waals surface area (Å²) in [6.45, 7) is 0. The van der Waals surface area contributed by atoms with Crippen LogP contribution in [0.4, 0.5) is 0 Å². The molecular weight excluding hydrogens is 397 g/mol. The molecule has 2 nitrogen and oxygen atoms in total. The van der Waals surface area contributed by atoms with Crippen LogP contribution in [0.1, 0.15) is 0 Å². The molecule has 5 heteroatoms. The fourth-order valence-electron chi connectivity index (χ4n) is 1.08. The van der Waals surface area contributed by atoms with Gasteiger partial charge in [0.05, 0.1) is 5.52 Å². The fraction of sp³-hybridized carbons (Fsp3) is 0. The Morgan fingerprint density at radius 1 is 1.33 bits per heavy atom. The third-order valence-electron chi connectivity index (χ3n) is 1.62. The van der Waals surface area contributed by atoms with Crippen LogP contribution in [-0.4, -0.2) is 9.55 Å². The van der Waals surface area contributed by atoms with E-state index in [0.717, 1.165) is 9.22 Å². The van der Waals surface area contributed by atoms with Crippen molar-refractivity contribution in [1.82, 2.24) is 9.55 Å². The van der Waals surface area contributed by atoms with Gasteiger partial charge in [0, 0.05) is 8.96 Å². The first-order chi connectivity index (χ1) is 5.68. The molecule has 0 N–H and O–H groups in total. The van der Waals surface area contributed by atoms with Crippen molar-refractivity contribution in [3.8, 4) is 0 Å². The predicted octanol–water partition coefficient (Wildman–Crippen LogP) is 2.88. The number of benzene rings is 1. The van der Waals surface area contributed by atoms with Gasteiger partial charge in [0.25, 0.3) is 0 Å². The summed E-state index contributed by atoms with van der Waals surface area (Å²) in [6, 6.07) is 6.31. The van der Waals surface area contributed by atoms with Gasteiger partial charge in [-0.15, -0.1) is 0 Å². The first-order valence-corrected chi connectivity index (χ1v) is 5.95. The third-order valence-corrected chi connectivity index (χ3v) is 3.48. The van der Waals surface area contributed by atoms with Gasteiger partial charge >= 0.3 is 0 Å². The molecule has 0 fully saturated rings. The Morgan fingerprint density at radius 2 is 2.08 bits per heavy atom. The molecule has 0 aliphatic rings. The van der Waals surface area contributed by atoms with E-state index in [2.05, 4.69) is 77.9 Å². The number of aromatic nitrogens is 2. The Morgan fingerprint density at radius 3 is 2.83 bits per heavy atom. The zero-order chi connectivity index (χ0) is 8.72. The zero-order valence-corrected chi connectivity index (χ0v) is 11.4. The lowest BCUT2D eigenvalue weighted by Crippen LogP contribution is -1.79. The minimum absolute atomic E-state index is 1.05. The molecule has 0 radical (unpaired) electrons. The largest absolute Gasteiger partial charge is 0.250 e. The van der Waals surface area contributed by atoms with E-state index >= 15 is 0 Å². The van der Waals surface area contributed by atoms with Gasteiger partial charge in [-0.3, -0.25) is 0 Å². The maximum atomic E-state index is 4.29. The van der Waals surface area contributed by atoms with Crippen molar-refractivity contribution < 1.29 is 0 Å². The van der Waals surface area contributed by atoms with Gasteiger partial charge in [-0.05, 0) is 72.8 Å². The highest BCUT2D eigenvalue weighted by Gasteiger charge is 2.04. The molecule has 0 saturated heterocycles. The van der Waals surface area contributed by atoms with Crippen LogP contribution in [-0.2, 0) is 0 Å². The highest BCUT2D eigenvalue weighted by molar-refractivity contribution is 14.1. The van der Waals surface area contributed by atoms with E-state index < -0.39 is 0 Å². The van der Waals surface area contributed by atoms with Gasteiger partial charge in [0.2, 0.25) is 0 Å². The molecule has 2 rings (SSSR count). The van der Waals surface area contributed by atoms with Crippen LogP contribution in [0.2, 0.25) is 0 Å². The summed E-state index contributed by atoms with van der Waals surface area (Å²) in [5.74, 6) is 0. The van der Waals surface area contributed by atoms with Crippen LogP contribution < -0.4 is 0 Å². The van der Waals surface area contributed by atoms with Crippen molar-refractivity contribution in [2.75, 3.05) is 0 Å². The maximum Gasteiger partial charge on any atom is 0.131 e. The number of nitrogens with zero attached hydrogens (tertiary/aromatic N) is 2. The molecule has 1 aromatic carbocycles. The second kappa shape index (κ2) is 3.38. The van der Waals surface area contributed by atoms with Crippen LogP contribution in [0.5, 0.6) is 0 Å². The summed E-state index contributed by atoms with van der Waals surface area (Å²) < 4.78 is 4.12. The Kier molecular flexibility index (Phi) is 2.58. The van der Waals surface area contributed by atoms with E-state index in [1.54, 1.807) is 0 Å². The summed E-state index contributed by atoms with van der Waals surface area (Å²) in [6.07, 6.45) is 0. The number of hydrogen-bond acceptors (Lipinski definition) is 1. The molecule has 1 heterocycles. The van der Waals surface area contributed by atoms with Crippen LogP contribution in [0.3, 0.4) is 0 Å². The molecular formula is C7H5I2N2P. The Bertz CT molecular complexity index is 438. The van der Waals surface area contributed by atoms with E-state index in [-0.39, 0.29) is 0 Å². The lowest BCUT2D eigenvalue weighted by molar-refractivity contribution is 1.02. The monoisotopic (exact) mass is 402 g/mol. The van der Waals surface area contributed by atoms with Crippen molar-refractivity contribution in [3.05, 3.63) is 25.5 Å². The number of halogens is 2. The van der Waals surface area contributed by atoms with E-state index in [0.29, 0.717) is 0 Å². The van der Waals surface area contributed by atoms with Gasteiger partial charge in [0.15, 0.2) is 0 Å². The zero-order valence-electron chi connectivity index (χ0n) is 5.96. The van der Waals surface area contributed by atoms with Gasteiger partial charge in [-0.2, -0.15) is 5.10 Å². The minimum Gasteiger partial charge on any atom is -0.250 e. The first kappa shape index (κ1) is 9.15. The summed E-state index contributed by atoms with van der Waals surface area (Å²) in [4.78, 5) is 0. The molecule has 1 aromatic heterocycles. The molecule has 0 aliphatic heterocycles. The highest BCUT2D eigenvalue weighted by atomic mass is 127. The molecule has 2 aromatic rings. The SMILES string of the molecule is Pn1nc(I)c2cc(I)ccc21. The van der Waals surface area contributed by atoms with Crippen molar-refractivity contribution in [2.24, 2.45) is 0 Å². The smallest absolute Gasteiger partial charge is 0.131 e. The summed E-state index contributed by atoms with van der Waals surface area (Å²) in [5, 5.41) is 5.51. The first-order valence-electron chi connectivity index (χ1n) is 3.27. The van der Waals surface area contributed by atoms with E-state index in [4.69, 9.17) is 0 Å². The fourth-order valence-corrected chi connectivity index (χ4v) is 2.81. The number of hydrogen-bond donors (Lipinski definition) is 0. The molecule has 0 saturated carbocycles. The maximum absolute atomic E-state index is 4.29. The van der Waals surface area contributed by atoms with Crippen LogP contribution in [0, 0.1) is 7.27 Å². The Labute approximate surface area is 99.6 Å². The lowest BCUT2D eigenvalue weighted by atomic mass is 10.3. The van der Waals surface area contributed by atoms with E-state index in [9.17, 15) is 0 Å². The van der Waals surface area contributed by atoms with Gasteiger partial charge < -0.3 is 0 Å². The highest BCUT2D eigenvalue weighted by Crippen LogP contribution is 2.23. The molecule has 0 amide bonds. The molecule has 1 atom stereocenters. The average Bonchev–Trinajstić information content (AvgIpc) is 2.28. The van der Waals surface area contributed by atoms with Crippen LogP contribution in [0.25, 0.3) is 10.9 Å². The van der Waals surface area contributed by atoms with Gasteiger partial charge in [0.1, 0.15) is 3.70 Å². The average molecular weight is 402 g/mol. The quantitative estimate of drug-likeness (QED) is 0.490. The number of rotatable bonds is 0. The summed E-state index contributed by atoms with van der Waals surface area (Å²) in [5.41, 5.74) is 1.16. The van der Waals surface area contributed by atoms with Crippen LogP contribution in [0.15, 0.2) is 18.2 Å². The molecule has 62 valence electrons. The summed E-state index contributed by atoms with van der Waals surface area (Å²) in [7, 11) is 2.58. The van der Waals surface area contributed by atoms with Crippen molar-refractivity contribution in [1.29, 1.82) is 0 Å². The number of fused-ring (bicyclic) bond motifs is 1. The lowest BCUT2D eigenvalue weighted by Gasteiger charge is -1.92. The van der Waals surface area contributed by atoms with E-state index in [1.807, 2.05) is 4.45 Å². The third kappa shape index (κ3) is 1.48. The van der Waals surface area contributed by atoms with Crippen molar-refractivity contribution >= 4 is 65.5 Å². The minimum atomic E-state index is 1.05. The topological polar surface area (TPSA) is 17.8 Å². The standard InChI is InChI=1S/C7H5I2N2P/c8-4-1-2-6-5(3-4)7(9)10-11(6)12/h1-3H,12H2. The van der Waals surface area contributed by atoms with Crippen molar-refractivity contribution in [2.45, 2.75) is 0 Å². The normalized spacial score (nSPS) is 10.9. The Balaban J connectivity index is 2.90. The van der Waals surface area contributed by atoms with Crippen molar-refractivity contribution in [3.63, 3.8) is 0 Å². The van der Waals surface area contributed by atoms with Gasteiger partial charge in [-0.25, -0.2) is 4.45 Å². The van der Waals surface area contributed by atoms with Crippen LogP contribution >= 0.6 is 54.6 Å². The molecule has 0 aliphatic carbocycles. The summed E-state index contributed by atoms with van der Waals surface area (Å²) >= 11 is 4.55. The second-order valence-electron chi connectivity index (χ2n) is 2.40. The molecule has 1 unspecified atom stereocenters. The molecule has 0 spiro atoms. The second-order valence-corrected chi connectivity index (χ2v) is 5.15. The van der Waals surface area contributed by atoms with E-state index in [1.165, 1.54) is 8.96 Å². The predicted molar refractivity (Wildman–Crippen MR) is 70.3 cm³/mol. The Hall–Kier alpha value is 0.580. The molecule has 0 bridgehead atoms. The van der Waals surface area contributed by atoms with Gasteiger partial charge in [-0.1, -0.05) is 0 Å².